The van der Waals surface area contributed by atoms with Gasteiger partial charge in [0, 0.05) is 12.0 Å². The van der Waals surface area contributed by atoms with Gasteiger partial charge in [0.05, 0.1) is 11.1 Å². The maximum absolute atomic E-state index is 13.6. The van der Waals surface area contributed by atoms with Crippen molar-refractivity contribution in [2.45, 2.75) is 18.9 Å². The number of nitrogens with one attached hydrogen (secondary N) is 1. The lowest BCUT2D eigenvalue weighted by Gasteiger charge is -2.23. The predicted octanol–water partition coefficient (Wildman–Crippen LogP) is 2.47. The molecule has 1 fully saturated rings. The highest BCUT2D eigenvalue weighted by molar-refractivity contribution is 6.30. The number of piperidine rings is 1. The lowest BCUT2D eigenvalue weighted by molar-refractivity contribution is -0.122. The number of halogens is 2. The third kappa shape index (κ3) is 2.03. The molecule has 15 heavy (non-hydrogen) atoms. The van der Waals surface area contributed by atoms with Crippen molar-refractivity contribution in [3.05, 3.63) is 34.6 Å². The SMILES string of the molecule is O=C1CCCNC1c1cccc(Cl)c1F. The van der Waals surface area contributed by atoms with Gasteiger partial charge >= 0.3 is 0 Å². The van der Waals surface area contributed by atoms with Crippen LogP contribution in [0.3, 0.4) is 0 Å². The van der Waals surface area contributed by atoms with Crippen LogP contribution < -0.4 is 5.32 Å². The number of Topliss-reactive ketones (excluding diaryl/α,β-unsaturated/α-hetero) is 1. The smallest absolute Gasteiger partial charge is 0.154 e. The van der Waals surface area contributed by atoms with E-state index in [1.807, 2.05) is 0 Å². The van der Waals surface area contributed by atoms with Crippen molar-refractivity contribution in [2.75, 3.05) is 6.54 Å². The van der Waals surface area contributed by atoms with Crippen LogP contribution in [0.4, 0.5) is 4.39 Å². The van der Waals surface area contributed by atoms with E-state index in [2.05, 4.69) is 5.32 Å². The average Bonchev–Trinajstić information content (AvgIpc) is 2.23. The first kappa shape index (κ1) is 10.6. The highest BCUT2D eigenvalue weighted by Gasteiger charge is 2.26. The van der Waals surface area contributed by atoms with Gasteiger partial charge in [-0.15, -0.1) is 0 Å². The minimum absolute atomic E-state index is 0.0300. The topological polar surface area (TPSA) is 29.1 Å². The Balaban J connectivity index is 2.35. The summed E-state index contributed by atoms with van der Waals surface area (Å²) < 4.78 is 13.6. The number of rotatable bonds is 1. The van der Waals surface area contributed by atoms with Gasteiger partial charge in [0.15, 0.2) is 5.78 Å². The lowest BCUT2D eigenvalue weighted by atomic mass is 9.96. The van der Waals surface area contributed by atoms with Gasteiger partial charge in [-0.05, 0) is 19.0 Å². The summed E-state index contributed by atoms with van der Waals surface area (Å²) in [5.74, 6) is -0.464. The second kappa shape index (κ2) is 4.29. The van der Waals surface area contributed by atoms with E-state index in [9.17, 15) is 9.18 Å². The van der Waals surface area contributed by atoms with Crippen molar-refractivity contribution in [3.63, 3.8) is 0 Å². The molecular weight excluding hydrogens is 217 g/mol. The molecular formula is C11H11ClFNO. The van der Waals surface area contributed by atoms with Crippen molar-refractivity contribution in [1.29, 1.82) is 0 Å². The third-order valence-corrected chi connectivity index (χ3v) is 2.85. The molecule has 0 radical (unpaired) electrons. The van der Waals surface area contributed by atoms with Crippen LogP contribution in [0.1, 0.15) is 24.4 Å². The fourth-order valence-electron chi connectivity index (χ4n) is 1.79. The Bertz CT molecular complexity index is 394. The second-order valence-corrected chi connectivity index (χ2v) is 4.01. The Morgan fingerprint density at radius 2 is 2.27 bits per heavy atom. The van der Waals surface area contributed by atoms with E-state index in [1.54, 1.807) is 12.1 Å². The molecule has 1 atom stereocenters. The normalized spacial score (nSPS) is 21.7. The van der Waals surface area contributed by atoms with E-state index in [1.165, 1.54) is 6.07 Å². The van der Waals surface area contributed by atoms with Gasteiger partial charge in [-0.1, -0.05) is 23.7 Å². The van der Waals surface area contributed by atoms with Crippen LogP contribution in [0.15, 0.2) is 18.2 Å². The van der Waals surface area contributed by atoms with Crippen molar-refractivity contribution < 1.29 is 9.18 Å². The predicted molar refractivity (Wildman–Crippen MR) is 56.4 cm³/mol. The molecule has 1 aromatic rings. The van der Waals surface area contributed by atoms with E-state index in [-0.39, 0.29) is 10.8 Å². The van der Waals surface area contributed by atoms with E-state index in [4.69, 9.17) is 11.6 Å². The zero-order valence-electron chi connectivity index (χ0n) is 8.09. The Morgan fingerprint density at radius 3 is 3.00 bits per heavy atom. The number of carbonyl (C=O) groups is 1. The molecule has 1 aliphatic heterocycles. The summed E-state index contributed by atoms with van der Waals surface area (Å²) in [7, 11) is 0. The summed E-state index contributed by atoms with van der Waals surface area (Å²) in [6, 6.07) is 4.21. The molecule has 1 aromatic carbocycles. The monoisotopic (exact) mass is 227 g/mol. The molecule has 2 rings (SSSR count). The maximum atomic E-state index is 13.6. The number of carbonyl (C=O) groups excluding carboxylic acids is 1. The minimum atomic E-state index is -0.530. The molecule has 0 aromatic heterocycles. The fraction of sp³-hybridized carbons (Fsp3) is 0.364. The second-order valence-electron chi connectivity index (χ2n) is 3.60. The van der Waals surface area contributed by atoms with Gasteiger partial charge in [-0.3, -0.25) is 4.79 Å². The molecule has 4 heteroatoms. The minimum Gasteiger partial charge on any atom is -0.304 e. The van der Waals surface area contributed by atoms with Gasteiger partial charge in [0.25, 0.3) is 0 Å². The molecule has 1 aliphatic rings. The number of hydrogen-bond acceptors (Lipinski definition) is 2. The van der Waals surface area contributed by atoms with Crippen LogP contribution in [0, 0.1) is 5.82 Å². The van der Waals surface area contributed by atoms with Crippen molar-refractivity contribution in [1.82, 2.24) is 5.32 Å². The molecule has 1 saturated heterocycles. The Hall–Kier alpha value is -0.930. The Morgan fingerprint density at radius 1 is 1.47 bits per heavy atom. The van der Waals surface area contributed by atoms with E-state index in [0.717, 1.165) is 13.0 Å². The molecule has 0 bridgehead atoms. The Kier molecular flexibility index (Phi) is 3.03. The molecule has 1 unspecified atom stereocenters. The summed E-state index contributed by atoms with van der Waals surface area (Å²) in [6.07, 6.45) is 1.32. The first-order valence-corrected chi connectivity index (χ1v) is 5.28. The zero-order chi connectivity index (χ0) is 10.8. The van der Waals surface area contributed by atoms with Crippen LogP contribution in [-0.2, 0) is 4.79 Å². The highest BCUT2D eigenvalue weighted by atomic mass is 35.5. The number of ketones is 1. The summed E-state index contributed by atoms with van der Waals surface area (Å²) in [5.41, 5.74) is 0.354. The van der Waals surface area contributed by atoms with E-state index < -0.39 is 11.9 Å². The summed E-state index contributed by atoms with van der Waals surface area (Å²) in [6.45, 7) is 0.738. The van der Waals surface area contributed by atoms with Crippen molar-refractivity contribution in [2.24, 2.45) is 0 Å². The van der Waals surface area contributed by atoms with Gasteiger partial charge in [-0.2, -0.15) is 0 Å². The van der Waals surface area contributed by atoms with Crippen molar-refractivity contribution >= 4 is 17.4 Å². The van der Waals surface area contributed by atoms with Crippen LogP contribution >= 0.6 is 11.6 Å². The first-order chi connectivity index (χ1) is 7.20. The highest BCUT2D eigenvalue weighted by Crippen LogP contribution is 2.26. The van der Waals surface area contributed by atoms with Gasteiger partial charge < -0.3 is 5.32 Å². The van der Waals surface area contributed by atoms with Crippen LogP contribution in [0.2, 0.25) is 5.02 Å². The molecule has 0 aliphatic carbocycles. The number of hydrogen-bond donors (Lipinski definition) is 1. The summed E-state index contributed by atoms with van der Waals surface area (Å²) >= 11 is 5.67. The molecule has 2 nitrogen and oxygen atoms in total. The molecule has 1 heterocycles. The van der Waals surface area contributed by atoms with E-state index in [0.29, 0.717) is 12.0 Å². The quantitative estimate of drug-likeness (QED) is 0.799. The maximum Gasteiger partial charge on any atom is 0.154 e. The molecule has 80 valence electrons. The summed E-state index contributed by atoms with van der Waals surface area (Å²) in [5, 5.41) is 3.07. The van der Waals surface area contributed by atoms with Gasteiger partial charge in [0.1, 0.15) is 5.82 Å². The van der Waals surface area contributed by atoms with E-state index >= 15 is 0 Å². The van der Waals surface area contributed by atoms with Gasteiger partial charge in [0.2, 0.25) is 0 Å². The third-order valence-electron chi connectivity index (χ3n) is 2.56. The van der Waals surface area contributed by atoms with Gasteiger partial charge in [-0.25, -0.2) is 4.39 Å². The average molecular weight is 228 g/mol. The standard InChI is InChI=1S/C11H11ClFNO/c12-8-4-1-3-7(10(8)13)11-9(15)5-2-6-14-11/h1,3-4,11,14H,2,5-6H2. The van der Waals surface area contributed by atoms with Crippen LogP contribution in [0.5, 0.6) is 0 Å². The summed E-state index contributed by atoms with van der Waals surface area (Å²) in [4.78, 5) is 11.6. The fourth-order valence-corrected chi connectivity index (χ4v) is 1.98. The molecule has 0 saturated carbocycles. The first-order valence-electron chi connectivity index (χ1n) is 4.90. The lowest BCUT2D eigenvalue weighted by Crippen LogP contribution is -2.35. The molecule has 0 spiro atoms. The zero-order valence-corrected chi connectivity index (χ0v) is 8.85. The van der Waals surface area contributed by atoms with Crippen molar-refractivity contribution in [3.8, 4) is 0 Å². The van der Waals surface area contributed by atoms with Crippen LogP contribution in [-0.4, -0.2) is 12.3 Å². The largest absolute Gasteiger partial charge is 0.304 e. The molecule has 1 N–H and O–H groups in total. The van der Waals surface area contributed by atoms with Crippen LogP contribution in [0.25, 0.3) is 0 Å². The number of benzene rings is 1. The Labute approximate surface area is 92.4 Å². The molecule has 0 amide bonds.